The van der Waals surface area contributed by atoms with Crippen LogP contribution in [0.25, 0.3) is 0 Å². The normalized spacial score (nSPS) is 18.7. The van der Waals surface area contributed by atoms with Crippen molar-refractivity contribution in [2.24, 2.45) is 5.73 Å². The molecule has 6 nitrogen and oxygen atoms in total. The molecule has 1 aromatic heterocycles. The minimum absolute atomic E-state index is 0.351. The molecule has 1 unspecified atom stereocenters. The first-order chi connectivity index (χ1) is 8.53. The summed E-state index contributed by atoms with van der Waals surface area (Å²) in [5.41, 5.74) is 5.37. The molecular weight excluding hydrogens is 234 g/mol. The number of aromatic nitrogens is 2. The van der Waals surface area contributed by atoms with E-state index in [2.05, 4.69) is 10.1 Å². The van der Waals surface area contributed by atoms with E-state index in [0.717, 1.165) is 12.8 Å². The largest absolute Gasteiger partial charge is 0.376 e. The number of methoxy groups -OCH3 is 1. The third kappa shape index (κ3) is 2.88. The molecule has 0 bridgehead atoms. The number of hydrogen-bond acceptors (Lipinski definition) is 6. The second kappa shape index (κ2) is 5.34. The van der Waals surface area contributed by atoms with Crippen LogP contribution >= 0.6 is 0 Å². The van der Waals surface area contributed by atoms with Crippen LogP contribution in [0.2, 0.25) is 0 Å². The van der Waals surface area contributed by atoms with Crippen molar-refractivity contribution >= 4 is 0 Å². The minimum Gasteiger partial charge on any atom is -0.376 e. The van der Waals surface area contributed by atoms with Crippen molar-refractivity contribution in [2.75, 3.05) is 13.7 Å². The van der Waals surface area contributed by atoms with Crippen LogP contribution < -0.4 is 5.73 Å². The summed E-state index contributed by atoms with van der Waals surface area (Å²) in [6.45, 7) is 4.15. The van der Waals surface area contributed by atoms with Crippen LogP contribution in [0.5, 0.6) is 0 Å². The predicted octanol–water partition coefficient (Wildman–Crippen LogP) is 1.52. The smallest absolute Gasteiger partial charge is 0.258 e. The summed E-state index contributed by atoms with van der Waals surface area (Å²) in [5.74, 6) is 0.897. The lowest BCUT2D eigenvalue weighted by molar-refractivity contribution is -0.00787. The summed E-state index contributed by atoms with van der Waals surface area (Å²) in [4.78, 5) is 4.27. The zero-order valence-corrected chi connectivity index (χ0v) is 11.2. The van der Waals surface area contributed by atoms with E-state index in [1.165, 1.54) is 6.42 Å². The molecule has 0 aromatic carbocycles. The monoisotopic (exact) mass is 255 g/mol. The van der Waals surface area contributed by atoms with E-state index >= 15 is 0 Å². The Morgan fingerprint density at radius 2 is 2.22 bits per heavy atom. The molecule has 1 fully saturated rings. The Hall–Kier alpha value is -0.980. The minimum atomic E-state index is -0.597. The summed E-state index contributed by atoms with van der Waals surface area (Å²) in [6.07, 6.45) is 3.86. The fourth-order valence-corrected chi connectivity index (χ4v) is 1.57. The van der Waals surface area contributed by atoms with Gasteiger partial charge in [-0.1, -0.05) is 5.16 Å². The van der Waals surface area contributed by atoms with Gasteiger partial charge in [0.15, 0.2) is 5.82 Å². The van der Waals surface area contributed by atoms with Crippen molar-refractivity contribution in [3.05, 3.63) is 11.7 Å². The second-order valence-electron chi connectivity index (χ2n) is 5.16. The lowest BCUT2D eigenvalue weighted by Gasteiger charge is -2.26. The highest BCUT2D eigenvalue weighted by atomic mass is 16.5. The molecule has 2 rings (SSSR count). The summed E-state index contributed by atoms with van der Waals surface area (Å²) in [7, 11) is 1.60. The quantitative estimate of drug-likeness (QED) is 0.829. The lowest BCUT2D eigenvalue weighted by Crippen LogP contribution is -2.27. The van der Waals surface area contributed by atoms with E-state index in [0.29, 0.717) is 24.4 Å². The van der Waals surface area contributed by atoms with Gasteiger partial charge in [0, 0.05) is 7.11 Å². The maximum absolute atomic E-state index is 5.97. The lowest BCUT2D eigenvalue weighted by atomic mass is 9.96. The molecule has 1 aliphatic rings. The highest BCUT2D eigenvalue weighted by molar-refractivity contribution is 4.99. The van der Waals surface area contributed by atoms with Gasteiger partial charge in [-0.25, -0.2) is 0 Å². The molecule has 2 N–H and O–H groups in total. The first-order valence-electron chi connectivity index (χ1n) is 6.29. The molecule has 6 heteroatoms. The van der Waals surface area contributed by atoms with E-state index in [9.17, 15) is 0 Å². The fourth-order valence-electron chi connectivity index (χ4n) is 1.57. The first-order valence-corrected chi connectivity index (χ1v) is 6.29. The van der Waals surface area contributed by atoms with E-state index < -0.39 is 5.60 Å². The van der Waals surface area contributed by atoms with Gasteiger partial charge in [-0.05, 0) is 33.1 Å². The Morgan fingerprint density at radius 3 is 2.78 bits per heavy atom. The summed E-state index contributed by atoms with van der Waals surface area (Å²) in [5, 5.41) is 3.88. The van der Waals surface area contributed by atoms with Crippen LogP contribution in [0.3, 0.4) is 0 Å². The van der Waals surface area contributed by atoms with Gasteiger partial charge in [0.2, 0.25) is 0 Å². The maximum atomic E-state index is 5.97. The Balaban J connectivity index is 1.91. The molecule has 0 spiro atoms. The van der Waals surface area contributed by atoms with Crippen molar-refractivity contribution in [1.82, 2.24) is 10.1 Å². The molecule has 1 aliphatic carbocycles. The topological polar surface area (TPSA) is 83.4 Å². The Labute approximate surface area is 107 Å². The summed E-state index contributed by atoms with van der Waals surface area (Å²) in [6, 6.07) is -0.351. The molecule has 1 aromatic rings. The first kappa shape index (κ1) is 13.5. The second-order valence-corrected chi connectivity index (χ2v) is 5.16. The van der Waals surface area contributed by atoms with Gasteiger partial charge in [0.1, 0.15) is 5.60 Å². The van der Waals surface area contributed by atoms with Crippen LogP contribution in [0.4, 0.5) is 0 Å². The van der Waals surface area contributed by atoms with Crippen LogP contribution in [0.15, 0.2) is 4.52 Å². The van der Waals surface area contributed by atoms with Crippen molar-refractivity contribution in [3.8, 4) is 0 Å². The Morgan fingerprint density at radius 1 is 1.50 bits per heavy atom. The van der Waals surface area contributed by atoms with Crippen LogP contribution in [-0.2, 0) is 15.1 Å². The van der Waals surface area contributed by atoms with Crippen molar-refractivity contribution in [2.45, 2.75) is 50.9 Å². The summed E-state index contributed by atoms with van der Waals surface area (Å²) < 4.78 is 16.1. The zero-order chi connectivity index (χ0) is 13.2. The van der Waals surface area contributed by atoms with E-state index in [1.807, 2.05) is 13.8 Å². The molecule has 1 atom stereocenters. The molecule has 18 heavy (non-hydrogen) atoms. The van der Waals surface area contributed by atoms with Crippen molar-refractivity contribution in [1.29, 1.82) is 0 Å². The third-order valence-electron chi connectivity index (χ3n) is 3.36. The van der Waals surface area contributed by atoms with Gasteiger partial charge < -0.3 is 19.7 Å². The number of ether oxygens (including phenoxy) is 2. The highest BCUT2D eigenvalue weighted by Crippen LogP contribution is 2.25. The number of nitrogens with zero attached hydrogens (tertiary/aromatic N) is 2. The van der Waals surface area contributed by atoms with Crippen molar-refractivity contribution < 1.29 is 14.0 Å². The van der Waals surface area contributed by atoms with Crippen LogP contribution in [0, 0.1) is 0 Å². The van der Waals surface area contributed by atoms with Gasteiger partial charge in [-0.15, -0.1) is 0 Å². The van der Waals surface area contributed by atoms with Gasteiger partial charge in [-0.3, -0.25) is 0 Å². The van der Waals surface area contributed by atoms with Gasteiger partial charge in [0.25, 0.3) is 5.89 Å². The van der Waals surface area contributed by atoms with Crippen LogP contribution in [0.1, 0.15) is 50.9 Å². The number of hydrogen-bond donors (Lipinski definition) is 1. The highest BCUT2D eigenvalue weighted by Gasteiger charge is 2.28. The molecule has 102 valence electrons. The maximum Gasteiger partial charge on any atom is 0.258 e. The van der Waals surface area contributed by atoms with Crippen molar-refractivity contribution in [3.63, 3.8) is 0 Å². The number of rotatable bonds is 6. The average Bonchev–Trinajstić information content (AvgIpc) is 2.76. The standard InChI is InChI=1S/C12H21N3O3/c1-12(2,16-3)11-14-10(15-18-11)9(13)7-17-8-5-4-6-8/h8-9H,4-7,13H2,1-3H3. The summed E-state index contributed by atoms with van der Waals surface area (Å²) >= 11 is 0. The predicted molar refractivity (Wildman–Crippen MR) is 64.9 cm³/mol. The van der Waals surface area contributed by atoms with Gasteiger partial charge >= 0.3 is 0 Å². The van der Waals surface area contributed by atoms with E-state index in [-0.39, 0.29) is 6.04 Å². The average molecular weight is 255 g/mol. The molecule has 0 amide bonds. The third-order valence-corrected chi connectivity index (χ3v) is 3.36. The SMILES string of the molecule is COC(C)(C)c1nc(C(N)COC2CCC2)no1. The van der Waals surface area contributed by atoms with Crippen LogP contribution in [-0.4, -0.2) is 30.0 Å². The Kier molecular flexibility index (Phi) is 3.99. The van der Waals surface area contributed by atoms with E-state index in [4.69, 9.17) is 19.7 Å². The Bertz CT molecular complexity index is 388. The molecule has 1 heterocycles. The molecule has 0 saturated heterocycles. The number of nitrogens with two attached hydrogens (primary N) is 1. The van der Waals surface area contributed by atoms with E-state index in [1.54, 1.807) is 7.11 Å². The van der Waals surface area contributed by atoms with Gasteiger partial charge in [-0.2, -0.15) is 4.98 Å². The molecule has 1 saturated carbocycles. The molecule has 0 radical (unpaired) electrons. The molecular formula is C12H21N3O3. The fraction of sp³-hybridized carbons (Fsp3) is 0.833. The van der Waals surface area contributed by atoms with Gasteiger partial charge in [0.05, 0.1) is 18.8 Å². The molecule has 0 aliphatic heterocycles. The zero-order valence-electron chi connectivity index (χ0n) is 11.2.